The van der Waals surface area contributed by atoms with Crippen LogP contribution in [0.1, 0.15) is 20.8 Å². The number of anilines is 1. The molecule has 0 aliphatic rings. The molecule has 88 valence electrons. The quantitative estimate of drug-likeness (QED) is 0.670. The summed E-state index contributed by atoms with van der Waals surface area (Å²) in [6.45, 7) is 5.44. The summed E-state index contributed by atoms with van der Waals surface area (Å²) in [5.74, 6) is 0. The van der Waals surface area contributed by atoms with Crippen molar-refractivity contribution in [3.63, 3.8) is 0 Å². The Kier molecular flexibility index (Phi) is 4.18. The summed E-state index contributed by atoms with van der Waals surface area (Å²) in [6, 6.07) is 9.36. The molecule has 0 bridgehead atoms. The van der Waals surface area contributed by atoms with Gasteiger partial charge in [-0.05, 0) is 32.9 Å². The van der Waals surface area contributed by atoms with E-state index in [0.29, 0.717) is 0 Å². The standard InChI is InChI=1S/C11H15BrN2O2/c1-11(2,3)16-10(15)13-14(12)9-7-5-4-6-8-9/h4-8H,1-3H3,(H,13,15). The molecule has 5 heteroatoms. The Morgan fingerprint density at radius 2 is 1.88 bits per heavy atom. The second kappa shape index (κ2) is 5.21. The maximum absolute atomic E-state index is 11.4. The molecule has 0 fully saturated rings. The third-order valence-corrected chi connectivity index (χ3v) is 2.16. The van der Waals surface area contributed by atoms with Gasteiger partial charge in [-0.25, -0.2) is 14.3 Å². The van der Waals surface area contributed by atoms with Crippen LogP contribution in [0.5, 0.6) is 0 Å². The van der Waals surface area contributed by atoms with Crippen LogP contribution in [-0.2, 0) is 4.74 Å². The van der Waals surface area contributed by atoms with Gasteiger partial charge in [0.25, 0.3) is 0 Å². The van der Waals surface area contributed by atoms with Crippen molar-refractivity contribution in [2.24, 2.45) is 0 Å². The summed E-state index contributed by atoms with van der Waals surface area (Å²) >= 11 is 3.22. The molecule has 0 aliphatic heterocycles. The van der Waals surface area contributed by atoms with E-state index >= 15 is 0 Å². The summed E-state index contributed by atoms with van der Waals surface area (Å²) in [5, 5.41) is 0. The zero-order chi connectivity index (χ0) is 12.2. The minimum absolute atomic E-state index is 0.505. The van der Waals surface area contributed by atoms with Gasteiger partial charge in [0.05, 0.1) is 21.8 Å². The van der Waals surface area contributed by atoms with E-state index in [1.807, 2.05) is 51.1 Å². The van der Waals surface area contributed by atoms with Crippen molar-refractivity contribution in [3.8, 4) is 0 Å². The van der Waals surface area contributed by atoms with E-state index in [-0.39, 0.29) is 0 Å². The smallest absolute Gasteiger partial charge is 0.427 e. The van der Waals surface area contributed by atoms with Crippen LogP contribution in [0.15, 0.2) is 30.3 Å². The van der Waals surface area contributed by atoms with Gasteiger partial charge in [0.1, 0.15) is 5.60 Å². The van der Waals surface area contributed by atoms with E-state index in [4.69, 9.17) is 4.74 Å². The molecule has 0 heterocycles. The van der Waals surface area contributed by atoms with E-state index in [1.165, 1.54) is 4.03 Å². The maximum Gasteiger partial charge on any atom is 0.427 e. The molecule has 0 unspecified atom stereocenters. The normalized spacial score (nSPS) is 10.8. The Balaban J connectivity index is 2.52. The molecule has 0 atom stereocenters. The lowest BCUT2D eigenvalue weighted by atomic mass is 10.2. The van der Waals surface area contributed by atoms with Crippen molar-refractivity contribution in [2.45, 2.75) is 26.4 Å². The fraction of sp³-hybridized carbons (Fsp3) is 0.364. The van der Waals surface area contributed by atoms with Gasteiger partial charge >= 0.3 is 6.09 Å². The summed E-state index contributed by atoms with van der Waals surface area (Å²) in [6.07, 6.45) is -0.506. The molecule has 1 N–H and O–H groups in total. The summed E-state index contributed by atoms with van der Waals surface area (Å²) < 4.78 is 6.54. The molecule has 1 rings (SSSR count). The highest BCUT2D eigenvalue weighted by Gasteiger charge is 2.17. The zero-order valence-electron chi connectivity index (χ0n) is 9.53. The fourth-order valence-corrected chi connectivity index (χ4v) is 1.39. The molecule has 16 heavy (non-hydrogen) atoms. The first kappa shape index (κ1) is 12.8. The van der Waals surface area contributed by atoms with Crippen LogP contribution >= 0.6 is 16.1 Å². The molecule has 1 aromatic rings. The number of rotatable bonds is 2. The molecule has 0 saturated heterocycles. The minimum Gasteiger partial charge on any atom is -0.443 e. The van der Waals surface area contributed by atoms with E-state index in [2.05, 4.69) is 21.6 Å². The minimum atomic E-state index is -0.506. The van der Waals surface area contributed by atoms with Crippen molar-refractivity contribution >= 4 is 27.9 Å². The van der Waals surface area contributed by atoms with Crippen LogP contribution in [0, 0.1) is 0 Å². The van der Waals surface area contributed by atoms with Crippen molar-refractivity contribution in [3.05, 3.63) is 30.3 Å². The van der Waals surface area contributed by atoms with Gasteiger partial charge in [0.2, 0.25) is 0 Å². The molecule has 0 aliphatic carbocycles. The lowest BCUT2D eigenvalue weighted by molar-refractivity contribution is 0.0533. The summed E-state index contributed by atoms with van der Waals surface area (Å²) in [7, 11) is 0. The predicted molar refractivity (Wildman–Crippen MR) is 67.2 cm³/mol. The molecule has 1 aromatic carbocycles. The van der Waals surface area contributed by atoms with Crippen molar-refractivity contribution in [1.29, 1.82) is 0 Å². The lowest BCUT2D eigenvalue weighted by Crippen LogP contribution is -2.39. The lowest BCUT2D eigenvalue weighted by Gasteiger charge is -2.23. The molecule has 0 saturated carbocycles. The first-order valence-electron chi connectivity index (χ1n) is 4.89. The number of nitrogens with one attached hydrogen (secondary N) is 1. The SMILES string of the molecule is CC(C)(C)OC(=O)NN(Br)c1ccccc1. The fourth-order valence-electron chi connectivity index (χ4n) is 1.00. The van der Waals surface area contributed by atoms with E-state index in [0.717, 1.165) is 5.69 Å². The molecule has 1 amide bonds. The predicted octanol–water partition coefficient (Wildman–Crippen LogP) is 3.24. The Morgan fingerprint density at radius 3 is 2.38 bits per heavy atom. The van der Waals surface area contributed by atoms with Gasteiger partial charge in [-0.1, -0.05) is 18.2 Å². The highest BCUT2D eigenvalue weighted by molar-refractivity contribution is 9.10. The molecule has 4 nitrogen and oxygen atoms in total. The molecular formula is C11H15BrN2O2. The van der Waals surface area contributed by atoms with Crippen molar-refractivity contribution < 1.29 is 9.53 Å². The van der Waals surface area contributed by atoms with Crippen LogP contribution in [0.25, 0.3) is 0 Å². The number of benzene rings is 1. The van der Waals surface area contributed by atoms with Gasteiger partial charge in [-0.2, -0.15) is 0 Å². The summed E-state index contributed by atoms with van der Waals surface area (Å²) in [4.78, 5) is 11.4. The van der Waals surface area contributed by atoms with Gasteiger partial charge < -0.3 is 4.74 Å². The number of ether oxygens (including phenoxy) is 1. The second-order valence-corrected chi connectivity index (χ2v) is 4.94. The number of halogens is 1. The molecule has 0 radical (unpaired) electrons. The van der Waals surface area contributed by atoms with Crippen LogP contribution in [-0.4, -0.2) is 11.7 Å². The molecule has 0 aromatic heterocycles. The molecule has 0 spiro atoms. The second-order valence-electron chi connectivity index (χ2n) is 4.23. The first-order valence-corrected chi connectivity index (χ1v) is 5.60. The number of hydrogen-bond donors (Lipinski definition) is 1. The number of carbonyl (C=O) groups is 1. The Labute approximate surface area is 104 Å². The zero-order valence-corrected chi connectivity index (χ0v) is 11.1. The van der Waals surface area contributed by atoms with Crippen LogP contribution in [0.4, 0.5) is 10.5 Å². The third kappa shape index (κ3) is 4.53. The van der Waals surface area contributed by atoms with E-state index in [9.17, 15) is 4.79 Å². The monoisotopic (exact) mass is 286 g/mol. The highest BCUT2D eigenvalue weighted by atomic mass is 79.9. The topological polar surface area (TPSA) is 41.6 Å². The number of nitrogens with zero attached hydrogens (tertiary/aromatic N) is 1. The summed E-state index contributed by atoms with van der Waals surface area (Å²) in [5.41, 5.74) is 2.85. The Bertz CT molecular complexity index is 349. The van der Waals surface area contributed by atoms with Gasteiger partial charge in [-0.3, -0.25) is 0 Å². The third-order valence-electron chi connectivity index (χ3n) is 1.57. The van der Waals surface area contributed by atoms with E-state index < -0.39 is 11.7 Å². The highest BCUT2D eigenvalue weighted by Crippen LogP contribution is 2.15. The van der Waals surface area contributed by atoms with Crippen LogP contribution in [0.2, 0.25) is 0 Å². The van der Waals surface area contributed by atoms with Gasteiger partial charge in [-0.15, -0.1) is 0 Å². The Hall–Kier alpha value is -1.23. The number of carbonyl (C=O) groups excluding carboxylic acids is 1. The average molecular weight is 287 g/mol. The van der Waals surface area contributed by atoms with Crippen LogP contribution < -0.4 is 9.46 Å². The Morgan fingerprint density at radius 1 is 1.31 bits per heavy atom. The van der Waals surface area contributed by atoms with Gasteiger partial charge in [0.15, 0.2) is 0 Å². The number of hydrazine groups is 1. The van der Waals surface area contributed by atoms with Gasteiger partial charge in [0, 0.05) is 0 Å². The van der Waals surface area contributed by atoms with Crippen molar-refractivity contribution in [1.82, 2.24) is 5.43 Å². The average Bonchev–Trinajstić information content (AvgIpc) is 2.16. The van der Waals surface area contributed by atoms with E-state index in [1.54, 1.807) is 0 Å². The number of para-hydroxylation sites is 1. The first-order chi connectivity index (χ1) is 7.38. The number of hydrogen-bond acceptors (Lipinski definition) is 3. The maximum atomic E-state index is 11.4. The van der Waals surface area contributed by atoms with Crippen LogP contribution in [0.3, 0.4) is 0 Å². The van der Waals surface area contributed by atoms with Crippen molar-refractivity contribution in [2.75, 3.05) is 4.03 Å². The number of amides is 1. The molecular weight excluding hydrogens is 272 g/mol. The largest absolute Gasteiger partial charge is 0.443 e.